The molecule has 105 valence electrons. The number of halogens is 5. The van der Waals surface area contributed by atoms with Gasteiger partial charge in [0.2, 0.25) is 0 Å². The van der Waals surface area contributed by atoms with Crippen LogP contribution in [-0.4, -0.2) is 25.4 Å². The Morgan fingerprint density at radius 2 is 1.74 bits per heavy atom. The molecule has 0 unspecified atom stereocenters. The molecule has 0 N–H and O–H groups in total. The summed E-state index contributed by atoms with van der Waals surface area (Å²) < 4.78 is 69.4. The lowest BCUT2D eigenvalue weighted by Crippen LogP contribution is -2.42. The van der Waals surface area contributed by atoms with Crippen LogP contribution in [0.1, 0.15) is 5.56 Å². The van der Waals surface area contributed by atoms with Gasteiger partial charge in [-0.1, -0.05) is 18.2 Å². The predicted molar refractivity (Wildman–Crippen MR) is 53.4 cm³/mol. The van der Waals surface area contributed by atoms with Gasteiger partial charge in [0.05, 0.1) is 6.61 Å². The molecule has 1 aromatic carbocycles. The summed E-state index contributed by atoms with van der Waals surface area (Å²) >= 11 is 0. The maximum Gasteiger partial charge on any atom is 0.499 e. The van der Waals surface area contributed by atoms with E-state index in [2.05, 4.69) is 9.47 Å². The second-order valence-corrected chi connectivity index (χ2v) is 3.41. The molecular weight excluding hydrogens is 275 g/mol. The summed E-state index contributed by atoms with van der Waals surface area (Å²) in [5.74, 6) is -0.626. The Balaban J connectivity index is 2.86. The molecule has 19 heavy (non-hydrogen) atoms. The molecule has 0 aromatic heterocycles. The molecule has 0 aliphatic rings. The third-order valence-corrected chi connectivity index (χ3v) is 2.07. The molecule has 0 saturated carbocycles. The Morgan fingerprint density at radius 3 is 2.32 bits per heavy atom. The van der Waals surface area contributed by atoms with E-state index >= 15 is 0 Å². The highest BCUT2D eigenvalue weighted by Gasteiger charge is 2.61. The number of alkyl halides is 5. The summed E-state index contributed by atoms with van der Waals surface area (Å²) in [6.45, 7) is 0.904. The number of hydrogen-bond acceptors (Lipinski definition) is 3. The molecule has 0 atom stereocenters. The van der Waals surface area contributed by atoms with Gasteiger partial charge >= 0.3 is 18.8 Å². The van der Waals surface area contributed by atoms with Crippen molar-refractivity contribution in [3.8, 4) is 5.75 Å². The zero-order chi connectivity index (χ0) is 14.5. The molecule has 0 spiro atoms. The fourth-order valence-electron chi connectivity index (χ4n) is 1.21. The normalized spacial score (nSPS) is 12.1. The van der Waals surface area contributed by atoms with Gasteiger partial charge < -0.3 is 9.47 Å². The molecule has 0 fully saturated rings. The summed E-state index contributed by atoms with van der Waals surface area (Å²) in [4.78, 5) is 9.79. The molecule has 0 bridgehead atoms. The number of benzene rings is 1. The van der Waals surface area contributed by atoms with Gasteiger partial charge in [0, 0.05) is 6.42 Å². The van der Waals surface area contributed by atoms with E-state index in [1.807, 2.05) is 0 Å². The lowest BCUT2D eigenvalue weighted by Gasteiger charge is -2.21. The largest absolute Gasteiger partial charge is 0.499 e. The molecule has 0 aliphatic carbocycles. The van der Waals surface area contributed by atoms with Crippen LogP contribution in [0.15, 0.2) is 24.3 Å². The van der Waals surface area contributed by atoms with Gasteiger partial charge in [0.15, 0.2) is 0 Å². The summed E-state index contributed by atoms with van der Waals surface area (Å²) in [5, 5.41) is 0. The number of ether oxygens (including phenoxy) is 2. The summed E-state index contributed by atoms with van der Waals surface area (Å²) in [6, 6.07) is 4.94. The summed E-state index contributed by atoms with van der Waals surface area (Å²) in [6.07, 6.45) is -11.2. The Kier molecular flexibility index (Phi) is 4.68. The minimum Gasteiger partial charge on any atom is -0.457 e. The van der Waals surface area contributed by atoms with Gasteiger partial charge in [-0.15, -0.1) is 0 Å². The first-order valence-corrected chi connectivity index (χ1v) is 4.98. The van der Waals surface area contributed by atoms with Crippen LogP contribution in [0.2, 0.25) is 0 Å². The number of para-hydroxylation sites is 1. The second kappa shape index (κ2) is 5.85. The molecule has 0 aliphatic heterocycles. The van der Waals surface area contributed by atoms with Crippen LogP contribution in [0.4, 0.5) is 22.0 Å². The van der Waals surface area contributed by atoms with E-state index in [-0.39, 0.29) is 18.6 Å². The van der Waals surface area contributed by atoms with Crippen LogP contribution in [0.3, 0.4) is 0 Å². The standard InChI is InChI=1S/C11H8F5O3/c12-10(13,14)11(15,16)19-9-4-2-1-3-8(9)5-6-18-7-17/h1-4H,5-6H2. The maximum absolute atomic E-state index is 12.7. The van der Waals surface area contributed by atoms with Crippen LogP contribution in [0.25, 0.3) is 0 Å². The minimum atomic E-state index is -5.81. The van der Waals surface area contributed by atoms with Crippen molar-refractivity contribution >= 4 is 6.47 Å². The monoisotopic (exact) mass is 283 g/mol. The van der Waals surface area contributed by atoms with Crippen LogP contribution in [-0.2, 0) is 16.0 Å². The maximum atomic E-state index is 12.7. The van der Waals surface area contributed by atoms with Gasteiger partial charge in [-0.25, -0.2) is 4.79 Å². The van der Waals surface area contributed by atoms with Crippen LogP contribution in [0.5, 0.6) is 5.75 Å². The molecule has 1 aromatic rings. The molecule has 1 rings (SSSR count). The van der Waals surface area contributed by atoms with E-state index in [9.17, 15) is 26.7 Å². The van der Waals surface area contributed by atoms with Gasteiger partial charge in [-0.2, -0.15) is 22.0 Å². The zero-order valence-corrected chi connectivity index (χ0v) is 9.34. The predicted octanol–water partition coefficient (Wildman–Crippen LogP) is 2.85. The molecule has 1 radical (unpaired) electrons. The van der Waals surface area contributed by atoms with Crippen LogP contribution in [0, 0.1) is 0 Å². The topological polar surface area (TPSA) is 35.5 Å². The number of hydrogen-bond donors (Lipinski definition) is 0. The average Bonchev–Trinajstić information content (AvgIpc) is 2.30. The van der Waals surface area contributed by atoms with E-state index in [1.165, 1.54) is 18.2 Å². The highest BCUT2D eigenvalue weighted by molar-refractivity contribution is 5.38. The molecular formula is C11H8F5O3. The fourth-order valence-corrected chi connectivity index (χ4v) is 1.21. The van der Waals surface area contributed by atoms with Gasteiger partial charge in [0.25, 0.3) is 0 Å². The second-order valence-electron chi connectivity index (χ2n) is 3.41. The molecule has 3 nitrogen and oxygen atoms in total. The number of rotatable bonds is 6. The highest BCUT2D eigenvalue weighted by atomic mass is 19.4. The lowest BCUT2D eigenvalue weighted by atomic mass is 10.1. The first kappa shape index (κ1) is 15.2. The average molecular weight is 283 g/mol. The van der Waals surface area contributed by atoms with Crippen molar-refractivity contribution in [2.24, 2.45) is 0 Å². The quantitative estimate of drug-likeness (QED) is 0.595. The van der Waals surface area contributed by atoms with E-state index in [4.69, 9.17) is 0 Å². The third-order valence-electron chi connectivity index (χ3n) is 2.07. The van der Waals surface area contributed by atoms with Crippen LogP contribution < -0.4 is 4.74 Å². The van der Waals surface area contributed by atoms with Gasteiger partial charge in [0.1, 0.15) is 5.75 Å². The Labute approximate surface area is 104 Å². The van der Waals surface area contributed by atoms with E-state index in [0.29, 0.717) is 0 Å². The SMILES string of the molecule is O=[C]OCCc1ccccc1OC(F)(F)C(F)(F)F. The van der Waals surface area contributed by atoms with Crippen molar-refractivity contribution in [1.82, 2.24) is 0 Å². The Hall–Kier alpha value is -1.86. The van der Waals surface area contributed by atoms with Crippen molar-refractivity contribution in [3.05, 3.63) is 29.8 Å². The van der Waals surface area contributed by atoms with E-state index < -0.39 is 18.0 Å². The smallest absolute Gasteiger partial charge is 0.457 e. The molecule has 0 heterocycles. The zero-order valence-electron chi connectivity index (χ0n) is 9.34. The molecule has 8 heteroatoms. The minimum absolute atomic E-state index is 0.0571. The van der Waals surface area contributed by atoms with Crippen LogP contribution >= 0.6 is 0 Å². The van der Waals surface area contributed by atoms with Crippen molar-refractivity contribution in [1.29, 1.82) is 0 Å². The first-order chi connectivity index (χ1) is 8.78. The summed E-state index contributed by atoms with van der Waals surface area (Å²) in [5.41, 5.74) is 0.0571. The van der Waals surface area contributed by atoms with Crippen molar-refractivity contribution in [2.75, 3.05) is 6.61 Å². The number of carbonyl (C=O) groups excluding carboxylic acids is 1. The van der Waals surface area contributed by atoms with E-state index in [0.717, 1.165) is 12.5 Å². The third kappa shape index (κ3) is 4.08. The van der Waals surface area contributed by atoms with Gasteiger partial charge in [-0.05, 0) is 11.6 Å². The highest BCUT2D eigenvalue weighted by Crippen LogP contribution is 2.38. The lowest BCUT2D eigenvalue weighted by molar-refractivity contribution is -0.360. The molecule has 0 saturated heterocycles. The fraction of sp³-hybridized carbons (Fsp3) is 0.364. The first-order valence-electron chi connectivity index (χ1n) is 4.98. The Bertz CT molecular complexity index is 431. The van der Waals surface area contributed by atoms with Crippen molar-refractivity contribution < 1.29 is 36.2 Å². The summed E-state index contributed by atoms with van der Waals surface area (Å²) in [7, 11) is 0. The van der Waals surface area contributed by atoms with Crippen molar-refractivity contribution in [2.45, 2.75) is 18.7 Å². The van der Waals surface area contributed by atoms with Gasteiger partial charge in [-0.3, -0.25) is 0 Å². The Morgan fingerprint density at radius 1 is 1.11 bits per heavy atom. The van der Waals surface area contributed by atoms with Crippen molar-refractivity contribution in [3.63, 3.8) is 0 Å². The van der Waals surface area contributed by atoms with E-state index in [1.54, 1.807) is 0 Å². The molecule has 0 amide bonds.